The standard InChI is InChI=1S/C21H21ClF3N5O3S/c1-3-29(8-9-34(2)32)21(31)30(15-6-7-17(23)16(22)10-15)12-14-5-4-13(11-26-14)19-27-28-20(33-19)18(24)25/h4-7,10-11,18H,3,8-9,12H2,1-2H3. The molecule has 0 aliphatic carbocycles. The zero-order valence-electron chi connectivity index (χ0n) is 18.3. The molecule has 0 aliphatic heterocycles. The van der Waals surface area contributed by atoms with Gasteiger partial charge in [0.2, 0.25) is 5.89 Å². The summed E-state index contributed by atoms with van der Waals surface area (Å²) in [7, 11) is -1.09. The molecular formula is C21H21ClF3N5O3S. The normalized spacial score (nSPS) is 12.1. The molecule has 3 aromatic rings. The zero-order valence-corrected chi connectivity index (χ0v) is 19.8. The van der Waals surface area contributed by atoms with Crippen molar-refractivity contribution in [1.82, 2.24) is 20.1 Å². The van der Waals surface area contributed by atoms with E-state index >= 15 is 0 Å². The molecule has 0 bridgehead atoms. The number of carbonyl (C=O) groups is 1. The number of amides is 2. The second kappa shape index (κ2) is 11.4. The van der Waals surface area contributed by atoms with Crippen molar-refractivity contribution in [2.75, 3.05) is 30.0 Å². The molecule has 182 valence electrons. The van der Waals surface area contributed by atoms with Gasteiger partial charge in [0.05, 0.1) is 22.8 Å². The molecule has 2 aromatic heterocycles. The van der Waals surface area contributed by atoms with Crippen LogP contribution < -0.4 is 4.90 Å². The molecule has 13 heteroatoms. The Morgan fingerprint density at radius 1 is 1.24 bits per heavy atom. The van der Waals surface area contributed by atoms with E-state index < -0.39 is 35.0 Å². The van der Waals surface area contributed by atoms with Gasteiger partial charge in [-0.1, -0.05) is 11.6 Å². The fourth-order valence-corrected chi connectivity index (χ4v) is 3.62. The number of hydrogen-bond donors (Lipinski definition) is 0. The maximum absolute atomic E-state index is 13.7. The van der Waals surface area contributed by atoms with Crippen LogP contribution in [0.1, 0.15) is 24.9 Å². The number of aromatic nitrogens is 3. The molecule has 0 saturated carbocycles. The number of hydrogen-bond acceptors (Lipinski definition) is 6. The van der Waals surface area contributed by atoms with E-state index in [0.717, 1.165) is 6.07 Å². The lowest BCUT2D eigenvalue weighted by Gasteiger charge is -2.30. The van der Waals surface area contributed by atoms with Crippen LogP contribution in [0, 0.1) is 5.82 Å². The topological polar surface area (TPSA) is 92.4 Å². The van der Waals surface area contributed by atoms with Crippen molar-refractivity contribution in [3.8, 4) is 11.5 Å². The molecule has 2 heterocycles. The van der Waals surface area contributed by atoms with Crippen LogP contribution in [-0.2, 0) is 17.3 Å². The van der Waals surface area contributed by atoms with Crippen LogP contribution in [0.15, 0.2) is 40.9 Å². The van der Waals surface area contributed by atoms with Crippen LogP contribution in [0.4, 0.5) is 23.7 Å². The van der Waals surface area contributed by atoms with Gasteiger partial charge < -0.3 is 9.32 Å². The van der Waals surface area contributed by atoms with Gasteiger partial charge in [-0.2, -0.15) is 8.78 Å². The van der Waals surface area contributed by atoms with Crippen molar-refractivity contribution < 1.29 is 26.6 Å². The molecule has 0 N–H and O–H groups in total. The third kappa shape index (κ3) is 6.32. The summed E-state index contributed by atoms with van der Waals surface area (Å²) < 4.78 is 55.5. The maximum atomic E-state index is 13.7. The molecule has 0 spiro atoms. The minimum atomic E-state index is -2.89. The monoisotopic (exact) mass is 515 g/mol. The van der Waals surface area contributed by atoms with Gasteiger partial charge >= 0.3 is 12.5 Å². The SMILES string of the molecule is CCN(CCS(C)=O)C(=O)N(Cc1ccc(-c2nnc(C(F)F)o2)cn1)c1ccc(F)c(Cl)c1. The number of alkyl halides is 2. The van der Waals surface area contributed by atoms with E-state index in [1.807, 2.05) is 0 Å². The summed E-state index contributed by atoms with van der Waals surface area (Å²) in [6, 6.07) is 6.62. The molecule has 0 fully saturated rings. The number of rotatable bonds is 9. The minimum absolute atomic E-state index is 0.00109. The highest BCUT2D eigenvalue weighted by molar-refractivity contribution is 7.84. The van der Waals surface area contributed by atoms with Crippen LogP contribution in [0.25, 0.3) is 11.5 Å². The summed E-state index contributed by atoms with van der Waals surface area (Å²) in [5.41, 5.74) is 1.12. The van der Waals surface area contributed by atoms with Gasteiger partial charge in [0, 0.05) is 47.8 Å². The second-order valence-electron chi connectivity index (χ2n) is 7.11. The first-order valence-corrected chi connectivity index (χ1v) is 12.2. The third-order valence-corrected chi connectivity index (χ3v) is 5.81. The number of anilines is 1. The molecule has 0 radical (unpaired) electrons. The highest BCUT2D eigenvalue weighted by Crippen LogP contribution is 2.26. The molecule has 0 saturated heterocycles. The van der Waals surface area contributed by atoms with Gasteiger partial charge in [-0.05, 0) is 37.3 Å². The van der Waals surface area contributed by atoms with E-state index in [1.165, 1.54) is 28.1 Å². The summed E-state index contributed by atoms with van der Waals surface area (Å²) in [5.74, 6) is -1.24. The van der Waals surface area contributed by atoms with Crippen LogP contribution in [0.5, 0.6) is 0 Å². The zero-order chi connectivity index (χ0) is 24.8. The van der Waals surface area contributed by atoms with Gasteiger partial charge in [0.25, 0.3) is 5.89 Å². The highest BCUT2D eigenvalue weighted by Gasteiger charge is 2.24. The molecule has 3 rings (SSSR count). The van der Waals surface area contributed by atoms with Gasteiger partial charge in [0.15, 0.2) is 0 Å². The number of benzene rings is 1. The predicted octanol–water partition coefficient (Wildman–Crippen LogP) is 4.69. The fourth-order valence-electron chi connectivity index (χ4n) is 2.97. The Hall–Kier alpha value is -2.99. The molecule has 2 amide bonds. The van der Waals surface area contributed by atoms with Crippen molar-refractivity contribution in [2.45, 2.75) is 19.9 Å². The van der Waals surface area contributed by atoms with Gasteiger partial charge in [-0.25, -0.2) is 9.18 Å². The minimum Gasteiger partial charge on any atom is -0.415 e. The van der Waals surface area contributed by atoms with E-state index in [0.29, 0.717) is 29.2 Å². The number of halogens is 4. The fraction of sp³-hybridized carbons (Fsp3) is 0.333. The maximum Gasteiger partial charge on any atom is 0.324 e. The second-order valence-corrected chi connectivity index (χ2v) is 9.07. The predicted molar refractivity (Wildman–Crippen MR) is 122 cm³/mol. The van der Waals surface area contributed by atoms with Crippen molar-refractivity contribution in [3.63, 3.8) is 0 Å². The van der Waals surface area contributed by atoms with Crippen LogP contribution >= 0.6 is 11.6 Å². The lowest BCUT2D eigenvalue weighted by molar-refractivity contribution is 0.116. The van der Waals surface area contributed by atoms with Gasteiger partial charge in [-0.15, -0.1) is 10.2 Å². The third-order valence-electron chi connectivity index (χ3n) is 4.77. The van der Waals surface area contributed by atoms with Crippen molar-refractivity contribution >= 4 is 34.1 Å². The van der Waals surface area contributed by atoms with Crippen LogP contribution in [-0.4, -0.2) is 55.4 Å². The molecular weight excluding hydrogens is 495 g/mol. The van der Waals surface area contributed by atoms with E-state index in [9.17, 15) is 22.2 Å². The van der Waals surface area contributed by atoms with Crippen molar-refractivity contribution in [2.24, 2.45) is 0 Å². The van der Waals surface area contributed by atoms with Crippen molar-refractivity contribution in [3.05, 3.63) is 59.0 Å². The molecule has 1 unspecified atom stereocenters. The lowest BCUT2D eigenvalue weighted by Crippen LogP contribution is -2.44. The first-order chi connectivity index (χ1) is 16.2. The number of nitrogens with zero attached hydrogens (tertiary/aromatic N) is 5. The summed E-state index contributed by atoms with van der Waals surface area (Å²) in [6.07, 6.45) is 0.0211. The Kier molecular flexibility index (Phi) is 8.61. The highest BCUT2D eigenvalue weighted by atomic mass is 35.5. The Balaban J connectivity index is 1.87. The molecule has 34 heavy (non-hydrogen) atoms. The van der Waals surface area contributed by atoms with E-state index in [-0.39, 0.29) is 24.0 Å². The Labute approximate surface area is 201 Å². The average molecular weight is 516 g/mol. The number of urea groups is 1. The Morgan fingerprint density at radius 3 is 2.56 bits per heavy atom. The number of carbonyl (C=O) groups excluding carboxylic acids is 1. The molecule has 1 aromatic carbocycles. The Morgan fingerprint density at radius 2 is 2.00 bits per heavy atom. The number of pyridine rings is 1. The quantitative estimate of drug-likeness (QED) is 0.410. The molecule has 1 atom stereocenters. The van der Waals surface area contributed by atoms with E-state index in [2.05, 4.69) is 15.2 Å². The summed E-state index contributed by atoms with van der Waals surface area (Å²) in [4.78, 5) is 20.5. The van der Waals surface area contributed by atoms with Crippen molar-refractivity contribution in [1.29, 1.82) is 0 Å². The summed E-state index contributed by atoms with van der Waals surface area (Å²) >= 11 is 5.94. The van der Waals surface area contributed by atoms with Crippen LogP contribution in [0.2, 0.25) is 5.02 Å². The Bertz CT molecular complexity index is 1160. The summed E-state index contributed by atoms with van der Waals surface area (Å²) in [6.45, 7) is 2.41. The first kappa shape index (κ1) is 25.6. The molecule has 8 nitrogen and oxygen atoms in total. The smallest absolute Gasteiger partial charge is 0.324 e. The van der Waals surface area contributed by atoms with Gasteiger partial charge in [-0.3, -0.25) is 14.1 Å². The summed E-state index contributed by atoms with van der Waals surface area (Å²) in [5, 5.41) is 6.71. The van der Waals surface area contributed by atoms with E-state index in [4.69, 9.17) is 16.0 Å². The lowest BCUT2D eigenvalue weighted by atomic mass is 10.2. The first-order valence-electron chi connectivity index (χ1n) is 10.1. The van der Waals surface area contributed by atoms with Gasteiger partial charge in [0.1, 0.15) is 5.82 Å². The molecule has 0 aliphatic rings. The van der Waals surface area contributed by atoms with E-state index in [1.54, 1.807) is 25.3 Å². The average Bonchev–Trinajstić information content (AvgIpc) is 3.30. The van der Waals surface area contributed by atoms with Crippen LogP contribution in [0.3, 0.4) is 0 Å². The largest absolute Gasteiger partial charge is 0.415 e.